The maximum atomic E-state index is 12.5. The van der Waals surface area contributed by atoms with Crippen LogP contribution in [0.3, 0.4) is 0 Å². The lowest BCUT2D eigenvalue weighted by Crippen LogP contribution is -2.28. The molecule has 2 heterocycles. The maximum Gasteiger partial charge on any atom is 0.256 e. The molecule has 3 rings (SSSR count). The predicted molar refractivity (Wildman–Crippen MR) is 95.3 cm³/mol. The molecule has 2 aromatic heterocycles. The molecule has 6 heteroatoms. The number of hydrogen-bond donors (Lipinski definition) is 0. The number of aryl methyl sites for hydroxylation is 1. The van der Waals surface area contributed by atoms with Crippen LogP contribution in [0.5, 0.6) is 0 Å². The minimum Gasteiger partial charge on any atom is -0.341 e. The number of carbonyl (C=O) groups excluding carboxylic acids is 1. The number of amides is 1. The van der Waals surface area contributed by atoms with Gasteiger partial charge < -0.3 is 4.90 Å². The second-order valence-electron chi connectivity index (χ2n) is 5.75. The molecule has 0 atom stereocenters. The third-order valence-electron chi connectivity index (χ3n) is 3.93. The van der Waals surface area contributed by atoms with E-state index in [1.54, 1.807) is 27.1 Å². The highest BCUT2D eigenvalue weighted by molar-refractivity contribution is 7.09. The number of carbonyl (C=O) groups is 1. The molecule has 0 spiro atoms. The molecule has 0 aliphatic carbocycles. The summed E-state index contributed by atoms with van der Waals surface area (Å²) in [6.07, 6.45) is 4.28. The van der Waals surface area contributed by atoms with Gasteiger partial charge in [0.2, 0.25) is 0 Å². The van der Waals surface area contributed by atoms with Crippen LogP contribution >= 0.6 is 11.3 Å². The molecule has 0 saturated carbocycles. The Morgan fingerprint density at radius 3 is 2.79 bits per heavy atom. The van der Waals surface area contributed by atoms with Crippen molar-refractivity contribution >= 4 is 17.2 Å². The van der Waals surface area contributed by atoms with E-state index in [1.807, 2.05) is 56.0 Å². The Morgan fingerprint density at radius 1 is 1.29 bits per heavy atom. The molecule has 0 bridgehead atoms. The van der Waals surface area contributed by atoms with Crippen molar-refractivity contribution in [2.45, 2.75) is 19.9 Å². The maximum absolute atomic E-state index is 12.5. The largest absolute Gasteiger partial charge is 0.341 e. The summed E-state index contributed by atoms with van der Waals surface area (Å²) in [5.74, 6) is -0.00326. The minimum absolute atomic E-state index is 0.00326. The van der Waals surface area contributed by atoms with Crippen molar-refractivity contribution in [2.75, 3.05) is 13.6 Å². The van der Waals surface area contributed by atoms with E-state index < -0.39 is 0 Å². The normalized spacial score (nSPS) is 10.8. The van der Waals surface area contributed by atoms with Gasteiger partial charge in [-0.25, -0.2) is 4.98 Å². The van der Waals surface area contributed by atoms with Gasteiger partial charge in [0.25, 0.3) is 5.91 Å². The lowest BCUT2D eigenvalue weighted by Gasteiger charge is -2.15. The van der Waals surface area contributed by atoms with Crippen LogP contribution in [-0.2, 0) is 13.0 Å². The number of aromatic nitrogens is 3. The fourth-order valence-corrected chi connectivity index (χ4v) is 3.26. The molecule has 0 unspecified atom stereocenters. The Morgan fingerprint density at radius 2 is 2.08 bits per heavy atom. The second kappa shape index (κ2) is 7.40. The third kappa shape index (κ3) is 3.89. The first-order chi connectivity index (χ1) is 11.6. The van der Waals surface area contributed by atoms with Gasteiger partial charge in [0, 0.05) is 31.1 Å². The van der Waals surface area contributed by atoms with E-state index in [1.165, 1.54) is 4.88 Å². The molecule has 0 aliphatic rings. The van der Waals surface area contributed by atoms with Crippen LogP contribution in [0.1, 0.15) is 26.5 Å². The van der Waals surface area contributed by atoms with Crippen molar-refractivity contribution in [1.29, 1.82) is 0 Å². The second-order valence-corrected chi connectivity index (χ2v) is 6.69. The molecule has 1 aromatic carbocycles. The van der Waals surface area contributed by atoms with Crippen LogP contribution in [-0.4, -0.2) is 39.2 Å². The molecule has 0 aliphatic heterocycles. The quantitative estimate of drug-likeness (QED) is 0.693. The number of rotatable bonds is 6. The minimum atomic E-state index is -0.00326. The number of likely N-dealkylation sites (N-methyl/N-ethyl adjacent to an activating group) is 1. The van der Waals surface area contributed by atoms with Crippen molar-refractivity contribution in [3.8, 4) is 0 Å². The van der Waals surface area contributed by atoms with Crippen molar-refractivity contribution in [3.63, 3.8) is 0 Å². The smallest absolute Gasteiger partial charge is 0.256 e. The zero-order valence-electron chi connectivity index (χ0n) is 13.8. The molecular weight excluding hydrogens is 320 g/mol. The van der Waals surface area contributed by atoms with Crippen LogP contribution < -0.4 is 0 Å². The van der Waals surface area contributed by atoms with Gasteiger partial charge in [0.05, 0.1) is 29.5 Å². The average molecular weight is 340 g/mol. The average Bonchev–Trinajstić information content (AvgIpc) is 3.22. The molecule has 24 heavy (non-hydrogen) atoms. The van der Waals surface area contributed by atoms with E-state index >= 15 is 0 Å². The standard InChI is InChI=1S/C18H20N4OS/c1-14-17(24-13-19-14)8-9-21(2)18(23)16-10-20-22(12-16)11-15-6-4-3-5-7-15/h3-7,10,12-13H,8-9,11H2,1-2H3. The molecule has 0 saturated heterocycles. The summed E-state index contributed by atoms with van der Waals surface area (Å²) in [6.45, 7) is 3.34. The van der Waals surface area contributed by atoms with Crippen molar-refractivity contribution in [1.82, 2.24) is 19.7 Å². The van der Waals surface area contributed by atoms with Gasteiger partial charge in [-0.1, -0.05) is 30.3 Å². The summed E-state index contributed by atoms with van der Waals surface area (Å²) in [6, 6.07) is 10.1. The topological polar surface area (TPSA) is 51.0 Å². The van der Waals surface area contributed by atoms with E-state index in [9.17, 15) is 4.79 Å². The fraction of sp³-hybridized carbons (Fsp3) is 0.278. The molecule has 0 N–H and O–H groups in total. The van der Waals surface area contributed by atoms with E-state index in [4.69, 9.17) is 0 Å². The van der Waals surface area contributed by atoms with Crippen LogP contribution in [0.25, 0.3) is 0 Å². The van der Waals surface area contributed by atoms with Crippen molar-refractivity contribution in [3.05, 3.63) is 69.9 Å². The highest BCUT2D eigenvalue weighted by atomic mass is 32.1. The van der Waals surface area contributed by atoms with E-state index in [-0.39, 0.29) is 5.91 Å². The van der Waals surface area contributed by atoms with Gasteiger partial charge in [-0.15, -0.1) is 11.3 Å². The monoisotopic (exact) mass is 340 g/mol. The van der Waals surface area contributed by atoms with Gasteiger partial charge in [0.15, 0.2) is 0 Å². The molecule has 0 radical (unpaired) electrons. The highest BCUT2D eigenvalue weighted by Crippen LogP contribution is 2.14. The number of nitrogens with zero attached hydrogens (tertiary/aromatic N) is 4. The van der Waals surface area contributed by atoms with Crippen LogP contribution in [0, 0.1) is 6.92 Å². The van der Waals surface area contributed by atoms with Gasteiger partial charge in [-0.05, 0) is 12.5 Å². The Balaban J connectivity index is 1.59. The van der Waals surface area contributed by atoms with Crippen LogP contribution in [0.4, 0.5) is 0 Å². The lowest BCUT2D eigenvalue weighted by molar-refractivity contribution is 0.0796. The molecule has 3 aromatic rings. The van der Waals surface area contributed by atoms with Crippen molar-refractivity contribution < 1.29 is 4.79 Å². The summed E-state index contributed by atoms with van der Waals surface area (Å²) in [5.41, 5.74) is 4.68. The summed E-state index contributed by atoms with van der Waals surface area (Å²) >= 11 is 1.64. The lowest BCUT2D eigenvalue weighted by atomic mass is 10.2. The zero-order valence-corrected chi connectivity index (χ0v) is 14.7. The first kappa shape index (κ1) is 16.4. The Bertz CT molecular complexity index is 809. The van der Waals surface area contributed by atoms with Crippen molar-refractivity contribution in [2.24, 2.45) is 0 Å². The molecule has 1 amide bonds. The molecule has 5 nitrogen and oxygen atoms in total. The predicted octanol–water partition coefficient (Wildman–Crippen LogP) is 3.01. The highest BCUT2D eigenvalue weighted by Gasteiger charge is 2.14. The van der Waals surface area contributed by atoms with Gasteiger partial charge in [-0.3, -0.25) is 9.48 Å². The molecule has 0 fully saturated rings. The van der Waals surface area contributed by atoms with E-state index in [0.29, 0.717) is 18.7 Å². The summed E-state index contributed by atoms with van der Waals surface area (Å²) in [7, 11) is 1.83. The molecular formula is C18H20N4OS. The van der Waals surface area contributed by atoms with E-state index in [2.05, 4.69) is 10.1 Å². The first-order valence-electron chi connectivity index (χ1n) is 7.84. The zero-order chi connectivity index (χ0) is 16.9. The SMILES string of the molecule is Cc1ncsc1CCN(C)C(=O)c1cnn(Cc2ccccc2)c1. The first-order valence-corrected chi connectivity index (χ1v) is 8.72. The van der Waals surface area contributed by atoms with Gasteiger partial charge in [0.1, 0.15) is 0 Å². The Hall–Kier alpha value is -2.47. The summed E-state index contributed by atoms with van der Waals surface area (Å²) in [4.78, 5) is 19.7. The number of thiazole rings is 1. The van der Waals surface area contributed by atoms with Gasteiger partial charge in [-0.2, -0.15) is 5.10 Å². The number of hydrogen-bond acceptors (Lipinski definition) is 4. The Labute approximate surface area is 145 Å². The van der Waals surface area contributed by atoms with Crippen LogP contribution in [0.2, 0.25) is 0 Å². The third-order valence-corrected chi connectivity index (χ3v) is 4.93. The van der Waals surface area contributed by atoms with Crippen LogP contribution in [0.15, 0.2) is 48.2 Å². The Kier molecular flexibility index (Phi) is 5.05. The molecule has 124 valence electrons. The summed E-state index contributed by atoms with van der Waals surface area (Å²) in [5, 5.41) is 4.30. The summed E-state index contributed by atoms with van der Waals surface area (Å²) < 4.78 is 1.80. The fourth-order valence-electron chi connectivity index (χ4n) is 2.49. The number of benzene rings is 1. The van der Waals surface area contributed by atoms with Gasteiger partial charge >= 0.3 is 0 Å². The van der Waals surface area contributed by atoms with E-state index in [0.717, 1.165) is 17.7 Å².